The Balaban J connectivity index is 0.589. The summed E-state index contributed by atoms with van der Waals surface area (Å²) in [5, 5.41) is 11.4. The Bertz CT molecular complexity index is 7450. The van der Waals surface area contributed by atoms with Gasteiger partial charge in [-0.15, -0.1) is 0 Å². The lowest BCUT2D eigenvalue weighted by Gasteiger charge is -2.28. The second kappa shape index (κ2) is 26.5. The number of aromatic nitrogens is 2. The molecule has 524 valence electrons. The van der Waals surface area contributed by atoms with Crippen molar-refractivity contribution in [3.05, 3.63) is 413 Å². The van der Waals surface area contributed by atoms with Gasteiger partial charge in [0.25, 0.3) is 0 Å². The summed E-state index contributed by atoms with van der Waals surface area (Å²) in [5.74, 6) is 0. The molecule has 0 radical (unpaired) electrons. The summed E-state index contributed by atoms with van der Waals surface area (Å²) in [6.07, 6.45) is 0. The maximum Gasteiger partial charge on any atom is 0.159 e. The number of hydrogen-bond donors (Lipinski definition) is 0. The number of rotatable bonds is 14. The molecule has 0 saturated carbocycles. The van der Waals surface area contributed by atoms with Gasteiger partial charge in [-0.05, 0) is 205 Å². The number of nitrogens with zero attached hydrogens (tertiary/aromatic N) is 4. The van der Waals surface area contributed by atoms with Crippen molar-refractivity contribution in [3.63, 3.8) is 0 Å². The number of furan rings is 2. The molecule has 4 aromatic heterocycles. The molecule has 6 nitrogen and oxygen atoms in total. The van der Waals surface area contributed by atoms with E-state index in [4.69, 9.17) is 8.83 Å². The first-order valence-corrected chi connectivity index (χ1v) is 38.3. The SMILES string of the molecule is c1ccc(-c2ccccc2N(c2ccccc2)c2ccc(-c3ccccc3-c3ccc4c(c3)c3ccccc3n4-c3cccc4c3oc3ccc(-c5cccc(N(c6ccc(-c7ccccc7-c7ccc8c(c7)c7ccccc7n8-c7cccc8c7oc7ccccc78)cc6)c6ccc7ccccc7c6)c5)cc34)cc2)cc1. The summed E-state index contributed by atoms with van der Waals surface area (Å²) in [7, 11) is 0. The molecule has 0 spiro atoms. The molecule has 0 amide bonds. The molecule has 18 aromatic carbocycles. The lowest BCUT2D eigenvalue weighted by molar-refractivity contribution is 0.666. The summed E-state index contributed by atoms with van der Waals surface area (Å²) in [6.45, 7) is 0. The quantitative estimate of drug-likeness (QED) is 0.109. The Kier molecular flexibility index (Phi) is 15.2. The Morgan fingerprint density at radius 1 is 0.188 bits per heavy atom. The zero-order valence-corrected chi connectivity index (χ0v) is 60.9. The molecule has 0 aliphatic carbocycles. The average Bonchev–Trinajstić information content (AvgIpc) is 1.58. The molecule has 0 fully saturated rings. The summed E-state index contributed by atoms with van der Waals surface area (Å²) in [4.78, 5) is 4.75. The number of para-hydroxylation sites is 7. The number of hydrogen-bond acceptors (Lipinski definition) is 4. The fraction of sp³-hybridized carbons (Fsp3) is 0. The van der Waals surface area contributed by atoms with E-state index in [2.05, 4.69) is 425 Å². The predicted molar refractivity (Wildman–Crippen MR) is 469 cm³/mol. The van der Waals surface area contributed by atoms with Crippen LogP contribution in [0.2, 0.25) is 0 Å². The molecule has 0 unspecified atom stereocenters. The summed E-state index contributed by atoms with van der Waals surface area (Å²) in [5.41, 5.74) is 30.2. The normalized spacial score (nSPS) is 11.8. The van der Waals surface area contributed by atoms with Crippen LogP contribution < -0.4 is 9.80 Å². The van der Waals surface area contributed by atoms with Gasteiger partial charge in [-0.1, -0.05) is 279 Å². The Morgan fingerprint density at radius 3 is 1.20 bits per heavy atom. The molecule has 6 heteroatoms. The van der Waals surface area contributed by atoms with Crippen molar-refractivity contribution in [1.29, 1.82) is 0 Å². The van der Waals surface area contributed by atoms with Crippen LogP contribution in [0.15, 0.2) is 421 Å². The fourth-order valence-corrected chi connectivity index (χ4v) is 17.5. The second-order valence-electron chi connectivity index (χ2n) is 29.0. The molecule has 0 bridgehead atoms. The summed E-state index contributed by atoms with van der Waals surface area (Å²) < 4.78 is 18.5. The highest BCUT2D eigenvalue weighted by atomic mass is 16.3. The standard InChI is InChI=1S/C106H68N4O2/c1-3-25-70(26-4-1)87-36-13-17-42-96(87)108(78-29-5-2-6-30-78)80-58-51-72(52-59-80)84-33-10-12-35-86(84)77-54-62-100-94(68-77)89-38-15-19-44-98(89)110(100)102-46-23-41-92-95-66-75(55-63-104(95)112-106(92)102)74-28-21-31-81(65-74)107(82-60-48-69-24-7-8-27-73(69)64-82)79-56-49-71(50-57-79)83-32-9-11-34-85(83)76-53-61-99-93(67-76)88-37-14-18-43-97(88)109(99)101-45-22-40-91-90-39-16-20-47-103(90)111-105(91)101/h1-68H. The van der Waals surface area contributed by atoms with Gasteiger partial charge in [-0.3, -0.25) is 0 Å². The van der Waals surface area contributed by atoms with E-state index < -0.39 is 0 Å². The summed E-state index contributed by atoms with van der Waals surface area (Å²) >= 11 is 0. The van der Waals surface area contributed by atoms with Crippen LogP contribution in [0.5, 0.6) is 0 Å². The van der Waals surface area contributed by atoms with Gasteiger partial charge in [0, 0.05) is 77.1 Å². The van der Waals surface area contributed by atoms with Gasteiger partial charge >= 0.3 is 0 Å². The zero-order chi connectivity index (χ0) is 73.7. The first-order valence-electron chi connectivity index (χ1n) is 38.3. The average molecular weight is 1430 g/mol. The first kappa shape index (κ1) is 64.2. The van der Waals surface area contributed by atoms with Crippen molar-refractivity contribution >= 4 is 132 Å². The Labute approximate surface area is 646 Å². The number of fused-ring (bicyclic) bond motifs is 13. The molecular formula is C106H68N4O2. The van der Waals surface area contributed by atoms with Gasteiger partial charge in [-0.25, -0.2) is 0 Å². The van der Waals surface area contributed by atoms with E-state index in [-0.39, 0.29) is 0 Å². The van der Waals surface area contributed by atoms with Crippen molar-refractivity contribution < 1.29 is 8.83 Å². The highest BCUT2D eigenvalue weighted by molar-refractivity contribution is 6.16. The largest absolute Gasteiger partial charge is 0.454 e. The van der Waals surface area contributed by atoms with E-state index in [0.717, 1.165) is 150 Å². The second-order valence-corrected chi connectivity index (χ2v) is 29.0. The molecule has 0 atom stereocenters. The monoisotopic (exact) mass is 1430 g/mol. The Hall–Kier alpha value is -15.0. The molecule has 112 heavy (non-hydrogen) atoms. The predicted octanol–water partition coefficient (Wildman–Crippen LogP) is 29.8. The fourth-order valence-electron chi connectivity index (χ4n) is 17.5. The summed E-state index contributed by atoms with van der Waals surface area (Å²) in [6, 6.07) is 150. The molecule has 22 aromatic rings. The molecular weight excluding hydrogens is 1360 g/mol. The minimum absolute atomic E-state index is 0.834. The van der Waals surface area contributed by atoms with Crippen LogP contribution in [0.1, 0.15) is 0 Å². The van der Waals surface area contributed by atoms with Crippen LogP contribution in [0.3, 0.4) is 0 Å². The maximum atomic E-state index is 7.07. The Morgan fingerprint density at radius 2 is 0.571 bits per heavy atom. The van der Waals surface area contributed by atoms with Gasteiger partial charge in [0.15, 0.2) is 11.2 Å². The lowest BCUT2D eigenvalue weighted by atomic mass is 9.93. The van der Waals surface area contributed by atoms with Gasteiger partial charge < -0.3 is 27.8 Å². The van der Waals surface area contributed by atoms with Gasteiger partial charge in [-0.2, -0.15) is 0 Å². The van der Waals surface area contributed by atoms with Crippen LogP contribution in [-0.4, -0.2) is 9.13 Å². The van der Waals surface area contributed by atoms with Crippen LogP contribution in [0.4, 0.5) is 34.1 Å². The van der Waals surface area contributed by atoms with Gasteiger partial charge in [0.2, 0.25) is 0 Å². The molecule has 4 heterocycles. The topological polar surface area (TPSA) is 42.6 Å². The third-order valence-corrected chi connectivity index (χ3v) is 22.7. The van der Waals surface area contributed by atoms with Crippen molar-refractivity contribution in [2.45, 2.75) is 0 Å². The highest BCUT2D eigenvalue weighted by Gasteiger charge is 2.25. The van der Waals surface area contributed by atoms with Crippen LogP contribution in [0, 0.1) is 0 Å². The molecule has 22 rings (SSSR count). The van der Waals surface area contributed by atoms with Gasteiger partial charge in [0.1, 0.15) is 11.2 Å². The van der Waals surface area contributed by atoms with Crippen molar-refractivity contribution in [2.75, 3.05) is 9.80 Å². The van der Waals surface area contributed by atoms with Crippen molar-refractivity contribution in [1.82, 2.24) is 9.13 Å². The third kappa shape index (κ3) is 10.7. The maximum absolute atomic E-state index is 7.07. The van der Waals surface area contributed by atoms with E-state index in [1.54, 1.807) is 0 Å². The molecule has 0 aliphatic heterocycles. The van der Waals surface area contributed by atoms with E-state index in [0.29, 0.717) is 0 Å². The van der Waals surface area contributed by atoms with Crippen LogP contribution in [0.25, 0.3) is 176 Å². The van der Waals surface area contributed by atoms with E-state index in [1.807, 2.05) is 6.07 Å². The molecule has 0 N–H and O–H groups in total. The number of anilines is 6. The smallest absolute Gasteiger partial charge is 0.159 e. The van der Waals surface area contributed by atoms with Gasteiger partial charge in [0.05, 0.1) is 39.1 Å². The molecule has 0 saturated heterocycles. The van der Waals surface area contributed by atoms with E-state index in [1.165, 1.54) is 60.1 Å². The first-order chi connectivity index (χ1) is 55.5. The van der Waals surface area contributed by atoms with E-state index >= 15 is 0 Å². The van der Waals surface area contributed by atoms with E-state index in [9.17, 15) is 0 Å². The highest BCUT2D eigenvalue weighted by Crippen LogP contribution is 2.48. The van der Waals surface area contributed by atoms with Crippen LogP contribution >= 0.6 is 0 Å². The molecule has 0 aliphatic rings. The third-order valence-electron chi connectivity index (χ3n) is 22.7. The van der Waals surface area contributed by atoms with Crippen LogP contribution in [-0.2, 0) is 0 Å². The van der Waals surface area contributed by atoms with Crippen molar-refractivity contribution in [2.24, 2.45) is 0 Å². The zero-order valence-electron chi connectivity index (χ0n) is 60.9. The lowest BCUT2D eigenvalue weighted by Crippen LogP contribution is -2.11. The minimum Gasteiger partial charge on any atom is -0.454 e. The number of benzene rings is 18. The van der Waals surface area contributed by atoms with Crippen molar-refractivity contribution in [3.8, 4) is 78.1 Å². The minimum atomic E-state index is 0.834.